The predicted octanol–water partition coefficient (Wildman–Crippen LogP) is 4.01. The molecule has 1 aromatic carbocycles. The third-order valence-corrected chi connectivity index (χ3v) is 3.51. The summed E-state index contributed by atoms with van der Waals surface area (Å²) in [5, 5.41) is 9.93. The summed E-state index contributed by atoms with van der Waals surface area (Å²) in [7, 11) is 0. The minimum Gasteiger partial charge on any atom is -0.285 e. The molecule has 1 rings (SSSR count). The number of hydrogen-bond acceptors (Lipinski definition) is 2. The molecule has 86 valence electrons. The Hall–Kier alpha value is -0.560. The predicted molar refractivity (Wildman–Crippen MR) is 70.4 cm³/mol. The molecule has 0 aromatic heterocycles. The topological polar surface area (TPSA) is 27.0 Å². The average Bonchev–Trinajstić information content (AvgIpc) is 2.29. The molecule has 0 spiro atoms. The van der Waals surface area contributed by atoms with Crippen molar-refractivity contribution < 1.29 is 0 Å². The second-order valence-electron chi connectivity index (χ2n) is 3.42. The maximum atomic E-state index is 9.27. The van der Waals surface area contributed by atoms with Crippen molar-refractivity contribution in [3.63, 3.8) is 0 Å². The molecule has 0 amide bonds. The Bertz CT molecular complexity index is 396. The van der Waals surface area contributed by atoms with Gasteiger partial charge in [0.1, 0.15) is 6.04 Å². The zero-order valence-corrected chi connectivity index (χ0v) is 11.7. The third kappa shape index (κ3) is 2.98. The lowest BCUT2D eigenvalue weighted by Crippen LogP contribution is -2.27. The van der Waals surface area contributed by atoms with Crippen molar-refractivity contribution >= 4 is 27.5 Å². The Morgan fingerprint density at radius 3 is 2.56 bits per heavy atom. The van der Waals surface area contributed by atoms with Crippen molar-refractivity contribution in [1.82, 2.24) is 4.90 Å². The van der Waals surface area contributed by atoms with Crippen LogP contribution in [0, 0.1) is 11.3 Å². The second-order valence-corrected chi connectivity index (χ2v) is 4.71. The van der Waals surface area contributed by atoms with E-state index in [1.54, 1.807) is 0 Å². The van der Waals surface area contributed by atoms with Crippen LogP contribution in [-0.2, 0) is 0 Å². The highest BCUT2D eigenvalue weighted by molar-refractivity contribution is 9.10. The third-order valence-electron chi connectivity index (χ3n) is 2.55. The van der Waals surface area contributed by atoms with Gasteiger partial charge in [0.05, 0.1) is 6.07 Å². The number of benzene rings is 1. The maximum absolute atomic E-state index is 9.27. The van der Waals surface area contributed by atoms with Crippen molar-refractivity contribution in [2.45, 2.75) is 19.9 Å². The van der Waals surface area contributed by atoms with Crippen molar-refractivity contribution in [2.75, 3.05) is 13.1 Å². The molecular weight excluding hydrogens is 288 g/mol. The quantitative estimate of drug-likeness (QED) is 0.840. The molecule has 0 radical (unpaired) electrons. The summed E-state index contributed by atoms with van der Waals surface area (Å²) in [4.78, 5) is 2.09. The van der Waals surface area contributed by atoms with E-state index >= 15 is 0 Å². The van der Waals surface area contributed by atoms with Crippen LogP contribution in [0.5, 0.6) is 0 Å². The second kappa shape index (κ2) is 6.24. The van der Waals surface area contributed by atoms with Gasteiger partial charge in [-0.15, -0.1) is 0 Å². The lowest BCUT2D eigenvalue weighted by Gasteiger charge is -2.25. The van der Waals surface area contributed by atoms with Gasteiger partial charge in [0.15, 0.2) is 0 Å². The molecule has 0 aliphatic heterocycles. The van der Waals surface area contributed by atoms with Crippen LogP contribution < -0.4 is 0 Å². The number of hydrogen-bond donors (Lipinski definition) is 0. The summed E-state index contributed by atoms with van der Waals surface area (Å²) in [6.45, 7) is 5.78. The van der Waals surface area contributed by atoms with Gasteiger partial charge in [-0.3, -0.25) is 4.90 Å². The minimum atomic E-state index is -0.247. The van der Waals surface area contributed by atoms with Gasteiger partial charge in [-0.25, -0.2) is 0 Å². The van der Waals surface area contributed by atoms with Crippen LogP contribution in [0.15, 0.2) is 22.7 Å². The Balaban J connectivity index is 3.13. The van der Waals surface area contributed by atoms with Crippen molar-refractivity contribution in [1.29, 1.82) is 5.26 Å². The van der Waals surface area contributed by atoms with Gasteiger partial charge in [-0.1, -0.05) is 41.4 Å². The largest absolute Gasteiger partial charge is 0.285 e. The standard InChI is InChI=1S/C12H14BrClN2/c1-3-16(4-2)12(8-15)10-7-9(14)5-6-11(10)13/h5-7,12H,3-4H2,1-2H3. The summed E-state index contributed by atoms with van der Waals surface area (Å²) >= 11 is 9.42. The van der Waals surface area contributed by atoms with Crippen molar-refractivity contribution in [2.24, 2.45) is 0 Å². The van der Waals surface area contributed by atoms with Crippen molar-refractivity contribution in [3.05, 3.63) is 33.3 Å². The molecule has 0 aliphatic carbocycles. The molecular formula is C12H14BrClN2. The molecule has 0 fully saturated rings. The molecule has 0 heterocycles. The summed E-state index contributed by atoms with van der Waals surface area (Å²) in [6, 6.07) is 7.62. The van der Waals surface area contributed by atoms with Gasteiger partial charge in [0, 0.05) is 9.50 Å². The van der Waals surface area contributed by atoms with Crippen LogP contribution in [0.25, 0.3) is 0 Å². The molecule has 0 saturated heterocycles. The highest BCUT2D eigenvalue weighted by Gasteiger charge is 2.19. The molecule has 0 bridgehead atoms. The van der Waals surface area contributed by atoms with E-state index in [4.69, 9.17) is 11.6 Å². The number of nitrogens with zero attached hydrogens (tertiary/aromatic N) is 2. The first-order chi connectivity index (χ1) is 7.63. The van der Waals surface area contributed by atoms with E-state index in [0.717, 1.165) is 23.1 Å². The minimum absolute atomic E-state index is 0.247. The molecule has 1 atom stereocenters. The highest BCUT2D eigenvalue weighted by Crippen LogP contribution is 2.29. The Kier molecular flexibility index (Phi) is 5.27. The van der Waals surface area contributed by atoms with Crippen LogP contribution in [-0.4, -0.2) is 18.0 Å². The summed E-state index contributed by atoms with van der Waals surface area (Å²) < 4.78 is 0.926. The summed E-state index contributed by atoms with van der Waals surface area (Å²) in [6.07, 6.45) is 0. The first kappa shape index (κ1) is 13.5. The molecule has 0 aliphatic rings. The Morgan fingerprint density at radius 2 is 2.06 bits per heavy atom. The van der Waals surface area contributed by atoms with Crippen LogP contribution in [0.2, 0.25) is 5.02 Å². The van der Waals surface area contributed by atoms with E-state index in [1.165, 1.54) is 0 Å². The number of rotatable bonds is 4. The maximum Gasteiger partial charge on any atom is 0.124 e. The molecule has 1 unspecified atom stereocenters. The molecule has 0 saturated carbocycles. The number of nitriles is 1. The van der Waals surface area contributed by atoms with Gasteiger partial charge >= 0.3 is 0 Å². The zero-order chi connectivity index (χ0) is 12.1. The van der Waals surface area contributed by atoms with E-state index in [9.17, 15) is 5.26 Å². The Labute approximate surface area is 110 Å². The van der Waals surface area contributed by atoms with E-state index in [1.807, 2.05) is 32.0 Å². The van der Waals surface area contributed by atoms with Crippen LogP contribution in [0.4, 0.5) is 0 Å². The molecule has 4 heteroatoms. The molecule has 0 N–H and O–H groups in total. The van der Waals surface area contributed by atoms with E-state index < -0.39 is 0 Å². The molecule has 16 heavy (non-hydrogen) atoms. The van der Waals surface area contributed by atoms with Gasteiger partial charge in [0.2, 0.25) is 0 Å². The fourth-order valence-corrected chi connectivity index (χ4v) is 2.30. The molecule has 1 aromatic rings. The van der Waals surface area contributed by atoms with Crippen LogP contribution in [0.3, 0.4) is 0 Å². The van der Waals surface area contributed by atoms with Crippen LogP contribution in [0.1, 0.15) is 25.5 Å². The first-order valence-electron chi connectivity index (χ1n) is 5.22. The fraction of sp³-hybridized carbons (Fsp3) is 0.417. The number of halogens is 2. The van der Waals surface area contributed by atoms with Gasteiger partial charge < -0.3 is 0 Å². The van der Waals surface area contributed by atoms with E-state index in [2.05, 4.69) is 26.9 Å². The first-order valence-corrected chi connectivity index (χ1v) is 6.39. The smallest absolute Gasteiger partial charge is 0.124 e. The van der Waals surface area contributed by atoms with Crippen molar-refractivity contribution in [3.8, 4) is 6.07 Å². The summed E-state index contributed by atoms with van der Waals surface area (Å²) in [5.74, 6) is 0. The van der Waals surface area contributed by atoms with Gasteiger partial charge in [-0.05, 0) is 36.9 Å². The average molecular weight is 302 g/mol. The van der Waals surface area contributed by atoms with Gasteiger partial charge in [0.25, 0.3) is 0 Å². The highest BCUT2D eigenvalue weighted by atomic mass is 79.9. The zero-order valence-electron chi connectivity index (χ0n) is 9.37. The van der Waals surface area contributed by atoms with Crippen LogP contribution >= 0.6 is 27.5 Å². The van der Waals surface area contributed by atoms with Gasteiger partial charge in [-0.2, -0.15) is 5.26 Å². The summed E-state index contributed by atoms with van der Waals surface area (Å²) in [5.41, 5.74) is 0.929. The lowest BCUT2D eigenvalue weighted by molar-refractivity contribution is 0.262. The lowest BCUT2D eigenvalue weighted by atomic mass is 10.1. The fourth-order valence-electron chi connectivity index (χ4n) is 1.66. The molecule has 2 nitrogen and oxygen atoms in total. The monoisotopic (exact) mass is 300 g/mol. The SMILES string of the molecule is CCN(CC)C(C#N)c1cc(Cl)ccc1Br. The normalized spacial score (nSPS) is 12.5. The van der Waals surface area contributed by atoms with E-state index in [-0.39, 0.29) is 6.04 Å². The van der Waals surface area contributed by atoms with E-state index in [0.29, 0.717) is 5.02 Å². The Morgan fingerprint density at radius 1 is 1.44 bits per heavy atom.